The normalized spacial score (nSPS) is 9.92. The van der Waals surface area contributed by atoms with Gasteiger partial charge in [-0.25, -0.2) is 4.39 Å². The molecule has 0 saturated carbocycles. The fourth-order valence-corrected chi connectivity index (χ4v) is 0.993. The van der Waals surface area contributed by atoms with Crippen LogP contribution in [-0.2, 0) is 11.3 Å². The van der Waals surface area contributed by atoms with E-state index in [1.54, 1.807) is 13.2 Å². The number of rotatable bonds is 3. The molecule has 0 aliphatic rings. The Morgan fingerprint density at radius 3 is 2.67 bits per heavy atom. The molecule has 12 heavy (non-hydrogen) atoms. The molecule has 0 aliphatic carbocycles. The van der Waals surface area contributed by atoms with Gasteiger partial charge in [-0.15, -0.1) is 0 Å². The SMILES string of the molecule is COCc1ccc(F)cc1OC. The average Bonchev–Trinajstić information content (AvgIpc) is 2.08. The second-order valence-electron chi connectivity index (χ2n) is 2.39. The van der Waals surface area contributed by atoms with Crippen LogP contribution in [0, 0.1) is 5.82 Å². The molecule has 0 fully saturated rings. The first-order valence-electron chi connectivity index (χ1n) is 3.59. The summed E-state index contributed by atoms with van der Waals surface area (Å²) in [5.74, 6) is 0.226. The molecule has 0 atom stereocenters. The molecule has 0 unspecified atom stereocenters. The topological polar surface area (TPSA) is 18.5 Å². The number of hydrogen-bond acceptors (Lipinski definition) is 2. The predicted octanol–water partition coefficient (Wildman–Crippen LogP) is 1.98. The van der Waals surface area contributed by atoms with Gasteiger partial charge < -0.3 is 9.47 Å². The minimum absolute atomic E-state index is 0.299. The zero-order chi connectivity index (χ0) is 8.97. The fraction of sp³-hybridized carbons (Fsp3) is 0.333. The molecule has 0 amide bonds. The summed E-state index contributed by atoms with van der Waals surface area (Å²) in [6.45, 7) is 0.434. The van der Waals surface area contributed by atoms with Crippen molar-refractivity contribution in [3.8, 4) is 5.75 Å². The zero-order valence-electron chi connectivity index (χ0n) is 7.13. The number of ether oxygens (including phenoxy) is 2. The maximum Gasteiger partial charge on any atom is 0.127 e. The van der Waals surface area contributed by atoms with E-state index >= 15 is 0 Å². The van der Waals surface area contributed by atoms with Gasteiger partial charge in [-0.3, -0.25) is 0 Å². The minimum atomic E-state index is -0.299. The number of methoxy groups -OCH3 is 2. The van der Waals surface area contributed by atoms with E-state index < -0.39 is 0 Å². The summed E-state index contributed by atoms with van der Waals surface area (Å²) in [6.07, 6.45) is 0. The van der Waals surface area contributed by atoms with E-state index in [4.69, 9.17) is 9.47 Å². The summed E-state index contributed by atoms with van der Waals surface area (Å²) < 4.78 is 22.5. The van der Waals surface area contributed by atoms with Gasteiger partial charge in [-0.1, -0.05) is 6.07 Å². The summed E-state index contributed by atoms with van der Waals surface area (Å²) in [7, 11) is 3.09. The van der Waals surface area contributed by atoms with E-state index in [1.807, 2.05) is 0 Å². The van der Waals surface area contributed by atoms with Crippen LogP contribution >= 0.6 is 0 Å². The highest BCUT2D eigenvalue weighted by atomic mass is 19.1. The van der Waals surface area contributed by atoms with Crippen molar-refractivity contribution in [2.45, 2.75) is 6.61 Å². The van der Waals surface area contributed by atoms with Crippen LogP contribution in [0.4, 0.5) is 4.39 Å². The molecule has 0 saturated heterocycles. The standard InChI is InChI=1S/C9H11FO2/c1-11-6-7-3-4-8(10)5-9(7)12-2/h3-5H,6H2,1-2H3. The Kier molecular flexibility index (Phi) is 3.05. The third-order valence-electron chi connectivity index (χ3n) is 1.55. The first kappa shape index (κ1) is 9.00. The Hall–Kier alpha value is -1.09. The molecule has 1 aromatic rings. The highest BCUT2D eigenvalue weighted by molar-refractivity contribution is 5.33. The van der Waals surface area contributed by atoms with Crippen LogP contribution in [-0.4, -0.2) is 14.2 Å². The first-order valence-corrected chi connectivity index (χ1v) is 3.59. The lowest BCUT2D eigenvalue weighted by molar-refractivity contribution is 0.181. The highest BCUT2D eigenvalue weighted by Crippen LogP contribution is 2.19. The van der Waals surface area contributed by atoms with E-state index in [-0.39, 0.29) is 5.82 Å². The average molecular weight is 170 g/mol. The first-order chi connectivity index (χ1) is 5.77. The summed E-state index contributed by atoms with van der Waals surface area (Å²) in [6, 6.07) is 4.38. The van der Waals surface area contributed by atoms with Gasteiger partial charge in [0.2, 0.25) is 0 Å². The molecule has 0 radical (unpaired) electrons. The summed E-state index contributed by atoms with van der Waals surface area (Å²) >= 11 is 0. The number of benzene rings is 1. The second-order valence-corrected chi connectivity index (χ2v) is 2.39. The van der Waals surface area contributed by atoms with Crippen molar-refractivity contribution in [3.63, 3.8) is 0 Å². The number of halogens is 1. The molecular formula is C9H11FO2. The van der Waals surface area contributed by atoms with Crippen molar-refractivity contribution < 1.29 is 13.9 Å². The zero-order valence-corrected chi connectivity index (χ0v) is 7.13. The van der Waals surface area contributed by atoms with Crippen LogP contribution in [0.3, 0.4) is 0 Å². The van der Waals surface area contributed by atoms with Crippen molar-refractivity contribution in [2.75, 3.05) is 14.2 Å². The predicted molar refractivity (Wildman–Crippen MR) is 43.7 cm³/mol. The van der Waals surface area contributed by atoms with Gasteiger partial charge >= 0.3 is 0 Å². The van der Waals surface area contributed by atoms with E-state index in [9.17, 15) is 4.39 Å². The Balaban J connectivity index is 2.94. The molecule has 0 spiro atoms. The smallest absolute Gasteiger partial charge is 0.127 e. The van der Waals surface area contributed by atoms with E-state index in [2.05, 4.69) is 0 Å². The van der Waals surface area contributed by atoms with Crippen LogP contribution < -0.4 is 4.74 Å². The fourth-order valence-electron chi connectivity index (χ4n) is 0.993. The monoisotopic (exact) mass is 170 g/mol. The maximum absolute atomic E-state index is 12.7. The lowest BCUT2D eigenvalue weighted by Crippen LogP contribution is -1.94. The Morgan fingerprint density at radius 1 is 1.33 bits per heavy atom. The molecule has 3 heteroatoms. The lowest BCUT2D eigenvalue weighted by Gasteiger charge is -2.06. The molecule has 0 aliphatic heterocycles. The van der Waals surface area contributed by atoms with Crippen molar-refractivity contribution in [1.82, 2.24) is 0 Å². The van der Waals surface area contributed by atoms with Crippen LogP contribution in [0.1, 0.15) is 5.56 Å². The molecule has 0 aromatic heterocycles. The largest absolute Gasteiger partial charge is 0.496 e. The van der Waals surface area contributed by atoms with Crippen LogP contribution in [0.2, 0.25) is 0 Å². The summed E-state index contributed by atoms with van der Waals surface area (Å²) in [4.78, 5) is 0. The van der Waals surface area contributed by atoms with Gasteiger partial charge in [0.05, 0.1) is 13.7 Å². The lowest BCUT2D eigenvalue weighted by atomic mass is 10.2. The van der Waals surface area contributed by atoms with Gasteiger partial charge in [0.15, 0.2) is 0 Å². The highest BCUT2D eigenvalue weighted by Gasteiger charge is 2.02. The van der Waals surface area contributed by atoms with Gasteiger partial charge in [-0.05, 0) is 6.07 Å². The molecule has 66 valence electrons. The van der Waals surface area contributed by atoms with Gasteiger partial charge in [0, 0.05) is 18.7 Å². The van der Waals surface area contributed by atoms with Crippen molar-refractivity contribution in [2.24, 2.45) is 0 Å². The number of hydrogen-bond donors (Lipinski definition) is 0. The summed E-state index contributed by atoms with van der Waals surface area (Å²) in [5.41, 5.74) is 0.849. The molecule has 1 aromatic carbocycles. The molecule has 0 heterocycles. The van der Waals surface area contributed by atoms with Crippen LogP contribution in [0.5, 0.6) is 5.75 Å². The van der Waals surface area contributed by atoms with E-state index in [1.165, 1.54) is 19.2 Å². The van der Waals surface area contributed by atoms with Crippen LogP contribution in [0.25, 0.3) is 0 Å². The van der Waals surface area contributed by atoms with Crippen molar-refractivity contribution >= 4 is 0 Å². The van der Waals surface area contributed by atoms with Crippen molar-refractivity contribution in [3.05, 3.63) is 29.6 Å². The summed E-state index contributed by atoms with van der Waals surface area (Å²) in [5, 5.41) is 0. The molecule has 0 N–H and O–H groups in total. The van der Waals surface area contributed by atoms with Crippen molar-refractivity contribution in [1.29, 1.82) is 0 Å². The van der Waals surface area contributed by atoms with Crippen LogP contribution in [0.15, 0.2) is 18.2 Å². The van der Waals surface area contributed by atoms with E-state index in [0.717, 1.165) is 5.56 Å². The van der Waals surface area contributed by atoms with Gasteiger partial charge in [0.1, 0.15) is 11.6 Å². The van der Waals surface area contributed by atoms with E-state index in [0.29, 0.717) is 12.4 Å². The quantitative estimate of drug-likeness (QED) is 0.690. The Labute approximate surface area is 70.9 Å². The van der Waals surface area contributed by atoms with Gasteiger partial charge in [-0.2, -0.15) is 0 Å². The minimum Gasteiger partial charge on any atom is -0.496 e. The molecule has 1 rings (SSSR count). The third-order valence-corrected chi connectivity index (χ3v) is 1.55. The maximum atomic E-state index is 12.7. The third kappa shape index (κ3) is 1.95. The van der Waals surface area contributed by atoms with Gasteiger partial charge in [0.25, 0.3) is 0 Å². The molecule has 0 bridgehead atoms. The Bertz CT molecular complexity index is 261. The molecule has 2 nitrogen and oxygen atoms in total. The second kappa shape index (κ2) is 4.07. The molecular weight excluding hydrogens is 159 g/mol. The Morgan fingerprint density at radius 2 is 2.08 bits per heavy atom.